The van der Waals surface area contributed by atoms with E-state index in [9.17, 15) is 23.1 Å². The number of pyridine rings is 2. The van der Waals surface area contributed by atoms with Crippen molar-refractivity contribution in [2.45, 2.75) is 44.4 Å². The Labute approximate surface area is 186 Å². The van der Waals surface area contributed by atoms with Gasteiger partial charge in [0, 0.05) is 23.9 Å². The van der Waals surface area contributed by atoms with Crippen molar-refractivity contribution in [2.24, 2.45) is 0 Å². The predicted octanol–water partition coefficient (Wildman–Crippen LogP) is 3.83. The Hall–Kier alpha value is -3.05. The summed E-state index contributed by atoms with van der Waals surface area (Å²) in [6, 6.07) is 2.93. The lowest BCUT2D eigenvalue weighted by molar-refractivity contribution is -0.141. The second-order valence-corrected chi connectivity index (χ2v) is 8.57. The molecule has 1 amide bonds. The molecule has 0 saturated carbocycles. The normalized spacial score (nSPS) is 15.7. The lowest BCUT2D eigenvalue weighted by Gasteiger charge is -2.23. The zero-order valence-corrected chi connectivity index (χ0v) is 18.0. The van der Waals surface area contributed by atoms with Gasteiger partial charge in [-0.2, -0.15) is 13.2 Å². The van der Waals surface area contributed by atoms with E-state index in [4.69, 9.17) is 0 Å². The van der Waals surface area contributed by atoms with Gasteiger partial charge in [0.25, 0.3) is 5.91 Å². The second kappa shape index (κ2) is 8.38. The van der Waals surface area contributed by atoms with Gasteiger partial charge >= 0.3 is 6.18 Å². The Morgan fingerprint density at radius 1 is 1.18 bits per heavy atom. The largest absolute Gasteiger partial charge is 0.433 e. The van der Waals surface area contributed by atoms with Crippen LogP contribution in [0.1, 0.15) is 60.0 Å². The molecule has 33 heavy (non-hydrogen) atoms. The molecule has 0 atom stereocenters. The molecule has 3 aromatic heterocycles. The van der Waals surface area contributed by atoms with E-state index in [1.807, 2.05) is 0 Å². The molecule has 0 radical (unpaired) electrons. The minimum atomic E-state index is -4.72. The Kier molecular flexibility index (Phi) is 5.87. The number of nitrogens with zero attached hydrogens (tertiary/aromatic N) is 3. The third-order valence-corrected chi connectivity index (χ3v) is 5.59. The number of piperidine rings is 1. The van der Waals surface area contributed by atoms with Crippen LogP contribution in [0.5, 0.6) is 0 Å². The summed E-state index contributed by atoms with van der Waals surface area (Å²) in [5.41, 5.74) is -3.05. The number of nitrogens with one attached hydrogen (secondary N) is 2. The first-order valence-electron chi connectivity index (χ1n) is 10.5. The highest BCUT2D eigenvalue weighted by Crippen LogP contribution is 2.34. The topological polar surface area (TPSA) is 91.5 Å². The van der Waals surface area contributed by atoms with Crippen molar-refractivity contribution >= 4 is 17.2 Å². The maximum atomic E-state index is 15.5. The molecule has 11 heteroatoms. The van der Waals surface area contributed by atoms with Gasteiger partial charge in [-0.1, -0.05) is 6.07 Å². The van der Waals surface area contributed by atoms with Crippen LogP contribution >= 0.6 is 0 Å². The van der Waals surface area contributed by atoms with Crippen molar-refractivity contribution < 1.29 is 27.5 Å². The van der Waals surface area contributed by atoms with Crippen LogP contribution in [0.25, 0.3) is 5.65 Å². The van der Waals surface area contributed by atoms with Gasteiger partial charge in [0.1, 0.15) is 11.4 Å². The fourth-order valence-electron chi connectivity index (χ4n) is 4.02. The van der Waals surface area contributed by atoms with Crippen LogP contribution in [0, 0.1) is 5.82 Å². The summed E-state index contributed by atoms with van der Waals surface area (Å²) in [6.45, 7) is 4.33. The standard InChI is InChI=1S/C22H23F4N5O2/c1-21(2,33)17-15(30-20(32)13-4-3-5-16(28-13)22(24,25)26)11-31-10-14(29-19(31)18(17)23)12-6-8-27-9-7-12/h3-5,10-12,27,33H,6-9H2,1-2H3,(H,30,32). The van der Waals surface area contributed by atoms with Crippen molar-refractivity contribution in [3.05, 3.63) is 59.1 Å². The second-order valence-electron chi connectivity index (χ2n) is 8.57. The first-order valence-corrected chi connectivity index (χ1v) is 10.5. The van der Waals surface area contributed by atoms with Gasteiger partial charge in [-0.25, -0.2) is 14.4 Å². The summed E-state index contributed by atoms with van der Waals surface area (Å²) in [4.78, 5) is 20.5. The molecule has 7 nitrogen and oxygen atoms in total. The average molecular weight is 465 g/mol. The fourth-order valence-corrected chi connectivity index (χ4v) is 4.02. The minimum absolute atomic E-state index is 0.00384. The molecule has 1 fully saturated rings. The van der Waals surface area contributed by atoms with Crippen LogP contribution in [-0.2, 0) is 11.8 Å². The molecule has 0 spiro atoms. The van der Waals surface area contributed by atoms with Crippen molar-refractivity contribution in [2.75, 3.05) is 18.4 Å². The summed E-state index contributed by atoms with van der Waals surface area (Å²) in [5.74, 6) is -1.65. The molecule has 4 rings (SSSR count). The number of anilines is 1. The SMILES string of the molecule is CC(C)(O)c1c(NC(=O)c2cccc(C(F)(F)F)n2)cn2cc(C3CCNCC3)nc2c1F. The molecule has 1 aliphatic rings. The molecule has 0 unspecified atom stereocenters. The molecule has 1 aliphatic heterocycles. The minimum Gasteiger partial charge on any atom is -0.386 e. The van der Waals surface area contributed by atoms with Crippen molar-refractivity contribution in [3.8, 4) is 0 Å². The number of halogens is 4. The number of aromatic nitrogens is 3. The highest BCUT2D eigenvalue weighted by molar-refractivity contribution is 6.03. The van der Waals surface area contributed by atoms with E-state index >= 15 is 4.39 Å². The van der Waals surface area contributed by atoms with E-state index in [2.05, 4.69) is 20.6 Å². The maximum Gasteiger partial charge on any atom is 0.433 e. The number of carbonyl (C=O) groups excluding carboxylic acids is 1. The van der Waals surface area contributed by atoms with Crippen molar-refractivity contribution in [1.29, 1.82) is 0 Å². The molecule has 176 valence electrons. The number of rotatable bonds is 4. The Morgan fingerprint density at radius 2 is 1.88 bits per heavy atom. The van der Waals surface area contributed by atoms with Gasteiger partial charge in [0.05, 0.1) is 17.0 Å². The van der Waals surface area contributed by atoms with Crippen molar-refractivity contribution in [1.82, 2.24) is 19.7 Å². The molecule has 0 bridgehead atoms. The number of carbonyl (C=O) groups is 1. The van der Waals surface area contributed by atoms with Crippen LogP contribution in [-0.4, -0.2) is 38.5 Å². The van der Waals surface area contributed by atoms with Crippen molar-refractivity contribution in [3.63, 3.8) is 0 Å². The van der Waals surface area contributed by atoms with Gasteiger partial charge in [-0.3, -0.25) is 4.79 Å². The van der Waals surface area contributed by atoms with Crippen LogP contribution in [0.4, 0.5) is 23.2 Å². The molecular weight excluding hydrogens is 442 g/mol. The molecule has 3 N–H and O–H groups in total. The lowest BCUT2D eigenvalue weighted by Crippen LogP contribution is -2.26. The third kappa shape index (κ3) is 4.69. The average Bonchev–Trinajstić information content (AvgIpc) is 3.17. The Bertz CT molecular complexity index is 1190. The van der Waals surface area contributed by atoms with Gasteiger partial charge in [0.2, 0.25) is 0 Å². The molecule has 4 heterocycles. The Balaban J connectivity index is 1.75. The maximum absolute atomic E-state index is 15.5. The summed E-state index contributed by atoms with van der Waals surface area (Å²) >= 11 is 0. The highest BCUT2D eigenvalue weighted by Gasteiger charge is 2.34. The highest BCUT2D eigenvalue weighted by atomic mass is 19.4. The third-order valence-electron chi connectivity index (χ3n) is 5.59. The number of amides is 1. The smallest absolute Gasteiger partial charge is 0.386 e. The molecule has 0 aliphatic carbocycles. The summed E-state index contributed by atoms with van der Waals surface area (Å²) in [7, 11) is 0. The molecular formula is C22H23F4N5O2. The van der Waals surface area contributed by atoms with Gasteiger partial charge in [-0.15, -0.1) is 0 Å². The van der Waals surface area contributed by atoms with E-state index in [1.165, 1.54) is 24.4 Å². The van der Waals surface area contributed by atoms with Gasteiger partial charge in [0.15, 0.2) is 11.5 Å². The zero-order chi connectivity index (χ0) is 24.0. The van der Waals surface area contributed by atoms with E-state index in [-0.39, 0.29) is 22.8 Å². The van der Waals surface area contributed by atoms with Crippen LogP contribution < -0.4 is 10.6 Å². The van der Waals surface area contributed by atoms with E-state index < -0.39 is 34.9 Å². The van der Waals surface area contributed by atoms with E-state index in [0.717, 1.165) is 44.1 Å². The molecule has 1 saturated heterocycles. The number of aliphatic hydroxyl groups is 1. The lowest BCUT2D eigenvalue weighted by atomic mass is 9.95. The van der Waals surface area contributed by atoms with Gasteiger partial charge in [-0.05, 0) is 51.9 Å². The number of hydrogen-bond donors (Lipinski definition) is 3. The van der Waals surface area contributed by atoms with E-state index in [0.29, 0.717) is 5.69 Å². The quantitative estimate of drug-likeness (QED) is 0.510. The van der Waals surface area contributed by atoms with Gasteiger partial charge < -0.3 is 20.1 Å². The van der Waals surface area contributed by atoms with Crippen LogP contribution in [0.2, 0.25) is 0 Å². The number of alkyl halides is 3. The number of fused-ring (bicyclic) bond motifs is 1. The fraction of sp³-hybridized carbons (Fsp3) is 0.409. The monoisotopic (exact) mass is 465 g/mol. The van der Waals surface area contributed by atoms with E-state index in [1.54, 1.807) is 6.20 Å². The first kappa shape index (κ1) is 23.1. The van der Waals surface area contributed by atoms with Crippen LogP contribution in [0.3, 0.4) is 0 Å². The molecule has 0 aromatic carbocycles. The summed E-state index contributed by atoms with van der Waals surface area (Å²) in [6.07, 6.45) is 0.0280. The van der Waals surface area contributed by atoms with Crippen LogP contribution in [0.15, 0.2) is 30.6 Å². The summed E-state index contributed by atoms with van der Waals surface area (Å²) < 4.78 is 55.8. The summed E-state index contributed by atoms with van der Waals surface area (Å²) in [5, 5.41) is 16.3. The number of hydrogen-bond acceptors (Lipinski definition) is 5. The number of imidazole rings is 1. The Morgan fingerprint density at radius 3 is 2.52 bits per heavy atom. The predicted molar refractivity (Wildman–Crippen MR) is 112 cm³/mol. The molecule has 3 aromatic rings. The zero-order valence-electron chi connectivity index (χ0n) is 18.0. The first-order chi connectivity index (χ1) is 15.4.